The summed E-state index contributed by atoms with van der Waals surface area (Å²) in [4.78, 5) is 16.0. The number of rotatable bonds is 4. The van der Waals surface area contributed by atoms with Crippen molar-refractivity contribution in [1.82, 2.24) is 19.5 Å². The average Bonchev–Trinajstić information content (AvgIpc) is 3.52. The zero-order chi connectivity index (χ0) is 20.8. The highest BCUT2D eigenvalue weighted by Crippen LogP contribution is 2.38. The summed E-state index contributed by atoms with van der Waals surface area (Å²) in [7, 11) is 0. The Labute approximate surface area is 187 Å². The third-order valence-electron chi connectivity index (χ3n) is 5.76. The summed E-state index contributed by atoms with van der Waals surface area (Å²) in [5.74, 6) is 2.01. The smallest absolute Gasteiger partial charge is 0.233 e. The zero-order valence-corrected chi connectivity index (χ0v) is 18.3. The fourth-order valence-corrected chi connectivity index (χ4v) is 6.19. The van der Waals surface area contributed by atoms with Crippen LogP contribution in [0, 0.1) is 0 Å². The molecule has 31 heavy (non-hydrogen) atoms. The summed E-state index contributed by atoms with van der Waals surface area (Å²) < 4.78 is 14.6. The van der Waals surface area contributed by atoms with Gasteiger partial charge in [-0.1, -0.05) is 41.3 Å². The molecule has 6 rings (SSSR count). The third kappa shape index (κ3) is 3.32. The summed E-state index contributed by atoms with van der Waals surface area (Å²) in [5, 5.41) is 9.37. The summed E-state index contributed by atoms with van der Waals surface area (Å²) in [6.45, 7) is 1.91. The number of fused-ring (bicyclic) bond motifs is 4. The molecule has 2 aliphatic heterocycles. The van der Waals surface area contributed by atoms with Crippen LogP contribution in [0.2, 0.25) is 0 Å². The van der Waals surface area contributed by atoms with Gasteiger partial charge < -0.3 is 14.4 Å². The zero-order valence-electron chi connectivity index (χ0n) is 16.7. The van der Waals surface area contributed by atoms with Crippen LogP contribution in [0.15, 0.2) is 47.6 Å². The van der Waals surface area contributed by atoms with Gasteiger partial charge in [-0.3, -0.25) is 9.20 Å². The lowest BCUT2D eigenvalue weighted by Crippen LogP contribution is -2.32. The number of para-hydroxylation sites is 1. The van der Waals surface area contributed by atoms with E-state index in [1.165, 1.54) is 16.5 Å². The van der Waals surface area contributed by atoms with Gasteiger partial charge in [0.25, 0.3) is 0 Å². The number of hydrogen-bond donors (Lipinski definition) is 0. The Balaban J connectivity index is 1.21. The summed E-state index contributed by atoms with van der Waals surface area (Å²) in [6.07, 6.45) is 1.96. The second-order valence-corrected chi connectivity index (χ2v) is 9.56. The lowest BCUT2D eigenvalue weighted by atomic mass is 10.0. The van der Waals surface area contributed by atoms with Crippen molar-refractivity contribution in [3.05, 3.63) is 48.0 Å². The number of carbonyl (C=O) groups excluding carboxylic acids is 1. The first-order valence-corrected chi connectivity index (χ1v) is 12.1. The molecule has 0 saturated carbocycles. The molecule has 0 N–H and O–H groups in total. The van der Waals surface area contributed by atoms with Crippen LogP contribution in [-0.4, -0.2) is 50.9 Å². The van der Waals surface area contributed by atoms with Crippen LogP contribution >= 0.6 is 23.1 Å². The van der Waals surface area contributed by atoms with Gasteiger partial charge in [0.05, 0.1) is 22.0 Å². The average molecular weight is 453 g/mol. The molecule has 7 nitrogen and oxygen atoms in total. The van der Waals surface area contributed by atoms with Crippen molar-refractivity contribution in [1.29, 1.82) is 0 Å². The highest BCUT2D eigenvalue weighted by molar-refractivity contribution is 7.99. The Kier molecular flexibility index (Phi) is 4.72. The molecule has 1 atom stereocenters. The lowest BCUT2D eigenvalue weighted by molar-refractivity contribution is -0.129. The second-order valence-electron chi connectivity index (χ2n) is 7.61. The van der Waals surface area contributed by atoms with Crippen molar-refractivity contribution in [2.75, 3.05) is 25.5 Å². The van der Waals surface area contributed by atoms with E-state index in [9.17, 15) is 4.79 Å². The standard InChI is InChI=1S/C22H20N4O3S2/c27-20(13-30-21-23-24-22-26(21)16-4-1-2-6-19(16)31-22)25-9-3-5-15(25)14-7-8-17-18(12-14)29-11-10-28-17/h1-2,4,6-8,12,15H,3,5,9-11,13H2/t15-/m1/s1. The summed E-state index contributed by atoms with van der Waals surface area (Å²) in [5.41, 5.74) is 2.19. The lowest BCUT2D eigenvalue weighted by Gasteiger charge is -2.26. The van der Waals surface area contributed by atoms with Gasteiger partial charge in [-0.15, -0.1) is 10.2 Å². The Hall–Kier alpha value is -2.78. The number of nitrogens with zero attached hydrogens (tertiary/aromatic N) is 4. The molecule has 9 heteroatoms. The predicted molar refractivity (Wildman–Crippen MR) is 120 cm³/mol. The van der Waals surface area contributed by atoms with E-state index in [1.807, 2.05) is 33.6 Å². The molecule has 2 aromatic heterocycles. The first-order chi connectivity index (χ1) is 15.3. The van der Waals surface area contributed by atoms with Crippen molar-refractivity contribution in [2.24, 2.45) is 0 Å². The van der Waals surface area contributed by atoms with Gasteiger partial charge in [0.1, 0.15) is 13.2 Å². The third-order valence-corrected chi connectivity index (χ3v) is 7.69. The molecular formula is C22H20N4O3S2. The van der Waals surface area contributed by atoms with Crippen molar-refractivity contribution in [3.63, 3.8) is 0 Å². The normalized spacial score (nSPS) is 18.2. The monoisotopic (exact) mass is 452 g/mol. The number of likely N-dealkylation sites (tertiary alicyclic amines) is 1. The van der Waals surface area contributed by atoms with E-state index in [0.29, 0.717) is 19.0 Å². The quantitative estimate of drug-likeness (QED) is 0.433. The van der Waals surface area contributed by atoms with Gasteiger partial charge in [-0.05, 0) is 42.7 Å². The van der Waals surface area contributed by atoms with Crippen LogP contribution < -0.4 is 9.47 Å². The number of thiazole rings is 1. The maximum Gasteiger partial charge on any atom is 0.233 e. The molecule has 2 aliphatic rings. The number of thioether (sulfide) groups is 1. The van der Waals surface area contributed by atoms with E-state index < -0.39 is 0 Å². The summed E-state index contributed by atoms with van der Waals surface area (Å²) in [6, 6.07) is 14.3. The van der Waals surface area contributed by atoms with E-state index in [2.05, 4.69) is 28.4 Å². The number of hydrogen-bond acceptors (Lipinski definition) is 7. The van der Waals surface area contributed by atoms with Crippen LogP contribution in [0.5, 0.6) is 11.5 Å². The van der Waals surface area contributed by atoms with Gasteiger partial charge in [0.2, 0.25) is 10.9 Å². The number of benzene rings is 2. The van der Waals surface area contributed by atoms with E-state index in [0.717, 1.165) is 52.1 Å². The Morgan fingerprint density at radius 1 is 1.13 bits per heavy atom. The van der Waals surface area contributed by atoms with Crippen LogP contribution in [0.4, 0.5) is 0 Å². The van der Waals surface area contributed by atoms with Crippen molar-refractivity contribution in [3.8, 4) is 11.5 Å². The van der Waals surface area contributed by atoms with Crippen molar-refractivity contribution in [2.45, 2.75) is 24.0 Å². The molecule has 2 aromatic carbocycles. The number of ether oxygens (including phenoxy) is 2. The van der Waals surface area contributed by atoms with Crippen LogP contribution in [0.1, 0.15) is 24.4 Å². The maximum absolute atomic E-state index is 13.1. The fraction of sp³-hybridized carbons (Fsp3) is 0.318. The van der Waals surface area contributed by atoms with Gasteiger partial charge in [0, 0.05) is 6.54 Å². The maximum atomic E-state index is 13.1. The first-order valence-electron chi connectivity index (χ1n) is 10.3. The topological polar surface area (TPSA) is 69.0 Å². The van der Waals surface area contributed by atoms with E-state index in [1.54, 1.807) is 11.3 Å². The molecule has 1 fully saturated rings. The van der Waals surface area contributed by atoms with E-state index in [4.69, 9.17) is 9.47 Å². The predicted octanol–water partition coefficient (Wildman–Crippen LogP) is 4.17. The van der Waals surface area contributed by atoms with Crippen molar-refractivity contribution >= 4 is 44.2 Å². The Bertz CT molecular complexity index is 1280. The minimum absolute atomic E-state index is 0.0734. The molecule has 4 aromatic rings. The second kappa shape index (κ2) is 7.72. The highest BCUT2D eigenvalue weighted by atomic mass is 32.2. The molecule has 158 valence electrons. The molecule has 4 heterocycles. The minimum atomic E-state index is 0.0734. The number of amides is 1. The Morgan fingerprint density at radius 2 is 2.00 bits per heavy atom. The van der Waals surface area contributed by atoms with Gasteiger partial charge in [0.15, 0.2) is 16.7 Å². The van der Waals surface area contributed by atoms with Crippen LogP contribution in [0.25, 0.3) is 15.2 Å². The molecule has 1 amide bonds. The fourth-order valence-electron chi connectivity index (χ4n) is 4.34. The molecule has 0 unspecified atom stereocenters. The highest BCUT2D eigenvalue weighted by Gasteiger charge is 2.31. The molecule has 1 saturated heterocycles. The molecule has 0 radical (unpaired) electrons. The van der Waals surface area contributed by atoms with Crippen molar-refractivity contribution < 1.29 is 14.3 Å². The van der Waals surface area contributed by atoms with Crippen LogP contribution in [0.3, 0.4) is 0 Å². The minimum Gasteiger partial charge on any atom is -0.486 e. The molecule has 0 spiro atoms. The SMILES string of the molecule is O=C(CSc1nnc2sc3ccccc3n12)N1CCC[C@@H]1c1ccc2c(c1)OCCO2. The van der Waals surface area contributed by atoms with Gasteiger partial charge in [-0.2, -0.15) is 0 Å². The van der Waals surface area contributed by atoms with E-state index >= 15 is 0 Å². The number of aromatic nitrogens is 3. The summed E-state index contributed by atoms with van der Waals surface area (Å²) >= 11 is 3.06. The van der Waals surface area contributed by atoms with Crippen LogP contribution in [-0.2, 0) is 4.79 Å². The Morgan fingerprint density at radius 3 is 2.94 bits per heavy atom. The number of carbonyl (C=O) groups is 1. The van der Waals surface area contributed by atoms with E-state index in [-0.39, 0.29) is 11.9 Å². The molecule has 0 bridgehead atoms. The van der Waals surface area contributed by atoms with Gasteiger partial charge in [-0.25, -0.2) is 0 Å². The largest absolute Gasteiger partial charge is 0.486 e. The molecule has 0 aliphatic carbocycles. The molecular weight excluding hydrogens is 432 g/mol. The first kappa shape index (κ1) is 18.9. The van der Waals surface area contributed by atoms with Gasteiger partial charge >= 0.3 is 0 Å².